The molecule has 0 bridgehead atoms. The first kappa shape index (κ1) is 12.5. The van der Waals surface area contributed by atoms with E-state index in [9.17, 15) is 0 Å². The Morgan fingerprint density at radius 2 is 1.95 bits per heavy atom. The summed E-state index contributed by atoms with van der Waals surface area (Å²) >= 11 is 0. The fourth-order valence-corrected chi connectivity index (χ4v) is 2.98. The van der Waals surface area contributed by atoms with Crippen molar-refractivity contribution < 1.29 is 4.74 Å². The van der Waals surface area contributed by atoms with E-state index in [1.165, 1.54) is 16.8 Å². The molecule has 0 aromatic carbocycles. The summed E-state index contributed by atoms with van der Waals surface area (Å²) in [6.07, 6.45) is 2.45. The molecule has 2 atom stereocenters. The van der Waals surface area contributed by atoms with Crippen LogP contribution in [0.3, 0.4) is 0 Å². The molecule has 2 unspecified atom stereocenters. The molecular formula is C15H21N3O. The molecule has 2 aromatic rings. The number of fused-ring (bicyclic) bond motifs is 1. The second kappa shape index (κ2) is 4.53. The van der Waals surface area contributed by atoms with Gasteiger partial charge in [0, 0.05) is 43.1 Å². The van der Waals surface area contributed by atoms with Crippen LogP contribution in [0.1, 0.15) is 19.5 Å². The lowest BCUT2D eigenvalue weighted by molar-refractivity contribution is -0.00513. The molecule has 1 fully saturated rings. The summed E-state index contributed by atoms with van der Waals surface area (Å²) in [5.74, 6) is 0. The second-order valence-electron chi connectivity index (χ2n) is 5.57. The van der Waals surface area contributed by atoms with E-state index in [0.717, 1.165) is 18.7 Å². The highest BCUT2D eigenvalue weighted by atomic mass is 16.5. The van der Waals surface area contributed by atoms with Crippen LogP contribution in [0, 0.1) is 6.92 Å². The van der Waals surface area contributed by atoms with Crippen molar-refractivity contribution in [1.82, 2.24) is 9.55 Å². The molecule has 4 heteroatoms. The van der Waals surface area contributed by atoms with Crippen molar-refractivity contribution in [2.75, 3.05) is 18.0 Å². The number of ether oxygens (including phenoxy) is 1. The number of rotatable bonds is 1. The van der Waals surface area contributed by atoms with Crippen molar-refractivity contribution in [3.05, 3.63) is 24.0 Å². The summed E-state index contributed by atoms with van der Waals surface area (Å²) in [5, 5.41) is 1.24. The standard InChI is InChI=1S/C15H21N3O/c1-10-7-13-14(5-6-16-15(13)17(10)4)18-8-11(2)19-12(3)9-18/h5-7,11-12H,8-9H2,1-4H3. The maximum atomic E-state index is 5.82. The third-order valence-electron chi connectivity index (χ3n) is 3.91. The monoisotopic (exact) mass is 259 g/mol. The number of morpholine rings is 1. The van der Waals surface area contributed by atoms with E-state index < -0.39 is 0 Å². The summed E-state index contributed by atoms with van der Waals surface area (Å²) < 4.78 is 7.96. The third kappa shape index (κ3) is 2.10. The van der Waals surface area contributed by atoms with Crippen LogP contribution in [0.2, 0.25) is 0 Å². The Balaban J connectivity index is 2.07. The molecule has 0 N–H and O–H groups in total. The number of nitrogens with zero attached hydrogens (tertiary/aromatic N) is 3. The Labute approximate surface area is 114 Å². The van der Waals surface area contributed by atoms with Gasteiger partial charge in [-0.05, 0) is 32.9 Å². The summed E-state index contributed by atoms with van der Waals surface area (Å²) in [6.45, 7) is 8.28. The van der Waals surface area contributed by atoms with Gasteiger partial charge >= 0.3 is 0 Å². The Bertz CT molecular complexity index is 595. The largest absolute Gasteiger partial charge is 0.372 e. The molecule has 19 heavy (non-hydrogen) atoms. The van der Waals surface area contributed by atoms with E-state index in [0.29, 0.717) is 0 Å². The lowest BCUT2D eigenvalue weighted by Crippen LogP contribution is -2.45. The van der Waals surface area contributed by atoms with Crippen molar-refractivity contribution in [2.45, 2.75) is 33.0 Å². The van der Waals surface area contributed by atoms with Crippen molar-refractivity contribution >= 4 is 16.7 Å². The van der Waals surface area contributed by atoms with Gasteiger partial charge in [0.2, 0.25) is 0 Å². The van der Waals surface area contributed by atoms with Gasteiger partial charge in [-0.1, -0.05) is 0 Å². The number of hydrogen-bond acceptors (Lipinski definition) is 3. The summed E-state index contributed by atoms with van der Waals surface area (Å²) in [7, 11) is 2.07. The highest BCUT2D eigenvalue weighted by molar-refractivity contribution is 5.91. The number of anilines is 1. The van der Waals surface area contributed by atoms with Crippen LogP contribution in [0.25, 0.3) is 11.0 Å². The minimum Gasteiger partial charge on any atom is -0.372 e. The van der Waals surface area contributed by atoms with Crippen LogP contribution in [0.15, 0.2) is 18.3 Å². The predicted octanol–water partition coefficient (Wildman–Crippen LogP) is 2.50. The van der Waals surface area contributed by atoms with Crippen molar-refractivity contribution in [3.63, 3.8) is 0 Å². The highest BCUT2D eigenvalue weighted by Crippen LogP contribution is 2.29. The molecule has 3 rings (SSSR count). The lowest BCUT2D eigenvalue weighted by Gasteiger charge is -2.37. The van der Waals surface area contributed by atoms with Gasteiger partial charge in [-0.3, -0.25) is 0 Å². The first-order valence-corrected chi connectivity index (χ1v) is 6.87. The molecular weight excluding hydrogens is 238 g/mol. The Morgan fingerprint density at radius 3 is 2.63 bits per heavy atom. The van der Waals surface area contributed by atoms with Crippen molar-refractivity contribution in [1.29, 1.82) is 0 Å². The van der Waals surface area contributed by atoms with Crippen molar-refractivity contribution in [3.8, 4) is 0 Å². The Kier molecular flexibility index (Phi) is 2.97. The van der Waals surface area contributed by atoms with Gasteiger partial charge in [-0.2, -0.15) is 0 Å². The first-order chi connectivity index (χ1) is 9.06. The molecule has 1 aliphatic rings. The zero-order valence-electron chi connectivity index (χ0n) is 12.1. The van der Waals surface area contributed by atoms with Crippen LogP contribution in [0.4, 0.5) is 5.69 Å². The van der Waals surface area contributed by atoms with Crippen LogP contribution in [-0.4, -0.2) is 34.8 Å². The quantitative estimate of drug-likeness (QED) is 0.788. The summed E-state index contributed by atoms with van der Waals surface area (Å²) in [6, 6.07) is 4.34. The molecule has 1 aliphatic heterocycles. The van der Waals surface area contributed by atoms with Crippen LogP contribution >= 0.6 is 0 Å². The van der Waals surface area contributed by atoms with E-state index in [2.05, 4.69) is 54.4 Å². The Hall–Kier alpha value is -1.55. The van der Waals surface area contributed by atoms with Gasteiger partial charge in [0.1, 0.15) is 5.65 Å². The molecule has 4 nitrogen and oxygen atoms in total. The number of pyridine rings is 1. The van der Waals surface area contributed by atoms with E-state index in [-0.39, 0.29) is 12.2 Å². The summed E-state index contributed by atoms with van der Waals surface area (Å²) in [4.78, 5) is 6.92. The van der Waals surface area contributed by atoms with Gasteiger partial charge in [-0.15, -0.1) is 0 Å². The van der Waals surface area contributed by atoms with E-state index in [1.54, 1.807) is 0 Å². The first-order valence-electron chi connectivity index (χ1n) is 6.87. The van der Waals surface area contributed by atoms with Crippen LogP contribution in [-0.2, 0) is 11.8 Å². The van der Waals surface area contributed by atoms with Gasteiger partial charge in [0.15, 0.2) is 0 Å². The summed E-state index contributed by atoms with van der Waals surface area (Å²) in [5.41, 5.74) is 3.57. The average Bonchev–Trinajstić information content (AvgIpc) is 2.64. The van der Waals surface area contributed by atoms with Gasteiger partial charge in [-0.25, -0.2) is 4.98 Å². The molecule has 2 aromatic heterocycles. The van der Waals surface area contributed by atoms with Crippen LogP contribution in [0.5, 0.6) is 0 Å². The molecule has 0 saturated carbocycles. The number of aryl methyl sites for hydroxylation is 2. The Morgan fingerprint density at radius 1 is 1.26 bits per heavy atom. The number of aromatic nitrogens is 2. The van der Waals surface area contributed by atoms with Gasteiger partial charge < -0.3 is 14.2 Å². The molecule has 0 aliphatic carbocycles. The zero-order valence-corrected chi connectivity index (χ0v) is 12.1. The van der Waals surface area contributed by atoms with Crippen LogP contribution < -0.4 is 4.90 Å². The molecule has 3 heterocycles. The van der Waals surface area contributed by atoms with E-state index in [4.69, 9.17) is 4.74 Å². The number of hydrogen-bond donors (Lipinski definition) is 0. The predicted molar refractivity (Wildman–Crippen MR) is 77.7 cm³/mol. The fraction of sp³-hybridized carbons (Fsp3) is 0.533. The smallest absolute Gasteiger partial charge is 0.141 e. The minimum absolute atomic E-state index is 0.275. The van der Waals surface area contributed by atoms with E-state index >= 15 is 0 Å². The highest BCUT2D eigenvalue weighted by Gasteiger charge is 2.24. The molecule has 1 saturated heterocycles. The maximum absolute atomic E-state index is 5.82. The van der Waals surface area contributed by atoms with Gasteiger partial charge in [0.25, 0.3) is 0 Å². The lowest BCUT2D eigenvalue weighted by atomic mass is 10.2. The average molecular weight is 259 g/mol. The molecule has 0 radical (unpaired) electrons. The third-order valence-corrected chi connectivity index (χ3v) is 3.91. The van der Waals surface area contributed by atoms with Gasteiger partial charge in [0.05, 0.1) is 12.2 Å². The van der Waals surface area contributed by atoms with Crippen molar-refractivity contribution in [2.24, 2.45) is 7.05 Å². The molecule has 0 spiro atoms. The second-order valence-corrected chi connectivity index (χ2v) is 5.57. The molecule has 102 valence electrons. The molecule has 0 amide bonds. The fourth-order valence-electron chi connectivity index (χ4n) is 2.98. The zero-order chi connectivity index (χ0) is 13.6. The normalized spacial score (nSPS) is 24.1. The van der Waals surface area contributed by atoms with E-state index in [1.807, 2.05) is 6.20 Å². The minimum atomic E-state index is 0.275. The topological polar surface area (TPSA) is 30.3 Å². The SMILES string of the molecule is Cc1cc2c(N3CC(C)OC(C)C3)ccnc2n1C. The maximum Gasteiger partial charge on any atom is 0.141 e.